The molecule has 0 saturated carbocycles. The van der Waals surface area contributed by atoms with E-state index in [-0.39, 0.29) is 11.8 Å². The Kier molecular flexibility index (Phi) is 4.79. The van der Waals surface area contributed by atoms with E-state index in [1.807, 2.05) is 29.7 Å². The van der Waals surface area contributed by atoms with Gasteiger partial charge in [-0.3, -0.25) is 4.79 Å². The summed E-state index contributed by atoms with van der Waals surface area (Å²) < 4.78 is 2.00. The summed E-state index contributed by atoms with van der Waals surface area (Å²) in [5.74, 6) is -0.0462. The molecule has 6 heteroatoms. The van der Waals surface area contributed by atoms with Crippen molar-refractivity contribution in [3.63, 3.8) is 0 Å². The minimum Gasteiger partial charge on any atom is -0.481 e. The lowest BCUT2D eigenvalue weighted by Crippen LogP contribution is -2.12. The zero-order valence-corrected chi connectivity index (χ0v) is 12.3. The first-order chi connectivity index (χ1) is 9.58. The highest BCUT2D eigenvalue weighted by Gasteiger charge is 2.16. The predicted octanol–water partition coefficient (Wildman–Crippen LogP) is 2.57. The smallest absolute Gasteiger partial charge is 0.313 e. The lowest BCUT2D eigenvalue weighted by Gasteiger charge is -2.16. The van der Waals surface area contributed by atoms with Crippen LogP contribution in [-0.4, -0.2) is 31.6 Å². The van der Waals surface area contributed by atoms with Crippen molar-refractivity contribution in [1.82, 2.24) is 14.8 Å². The number of aryl methyl sites for hydroxylation is 1. The van der Waals surface area contributed by atoms with E-state index in [1.54, 1.807) is 0 Å². The van der Waals surface area contributed by atoms with Gasteiger partial charge < -0.3 is 9.67 Å². The lowest BCUT2D eigenvalue weighted by molar-refractivity contribution is -0.133. The first-order valence-electron chi connectivity index (χ1n) is 6.38. The molecule has 0 spiro atoms. The first-order valence-corrected chi connectivity index (χ1v) is 7.36. The van der Waals surface area contributed by atoms with Gasteiger partial charge in [-0.25, -0.2) is 0 Å². The maximum Gasteiger partial charge on any atom is 0.313 e. The van der Waals surface area contributed by atoms with Gasteiger partial charge in [0.2, 0.25) is 0 Å². The fraction of sp³-hybridized carbons (Fsp3) is 0.357. The van der Waals surface area contributed by atoms with E-state index in [1.165, 1.54) is 17.3 Å². The van der Waals surface area contributed by atoms with Crippen LogP contribution in [0.15, 0.2) is 35.5 Å². The van der Waals surface area contributed by atoms with Gasteiger partial charge in [0, 0.05) is 6.04 Å². The number of aromatic nitrogens is 3. The average Bonchev–Trinajstić information content (AvgIpc) is 2.78. The molecule has 20 heavy (non-hydrogen) atoms. The molecule has 0 saturated heterocycles. The molecule has 2 aromatic rings. The van der Waals surface area contributed by atoms with Gasteiger partial charge in [0.25, 0.3) is 0 Å². The Labute approximate surface area is 122 Å². The lowest BCUT2D eigenvalue weighted by atomic mass is 10.1. The summed E-state index contributed by atoms with van der Waals surface area (Å²) in [5.41, 5.74) is 1.24. The van der Waals surface area contributed by atoms with Gasteiger partial charge in [-0.2, -0.15) is 0 Å². The van der Waals surface area contributed by atoms with Gasteiger partial charge in [0.15, 0.2) is 5.16 Å². The fourth-order valence-electron chi connectivity index (χ4n) is 2.13. The highest BCUT2D eigenvalue weighted by Crippen LogP contribution is 2.23. The highest BCUT2D eigenvalue weighted by molar-refractivity contribution is 7.99. The minimum absolute atomic E-state index is 0.00378. The van der Waals surface area contributed by atoms with Crippen LogP contribution in [-0.2, 0) is 11.2 Å². The monoisotopic (exact) mass is 291 g/mol. The van der Waals surface area contributed by atoms with Crippen molar-refractivity contribution < 1.29 is 9.90 Å². The molecule has 5 nitrogen and oxygen atoms in total. The zero-order valence-electron chi connectivity index (χ0n) is 11.5. The van der Waals surface area contributed by atoms with Crippen LogP contribution in [0.1, 0.15) is 24.4 Å². The van der Waals surface area contributed by atoms with Crippen LogP contribution in [0, 0.1) is 6.92 Å². The molecule has 0 aliphatic carbocycles. The second kappa shape index (κ2) is 6.56. The Morgan fingerprint density at radius 3 is 2.70 bits per heavy atom. The molecule has 1 unspecified atom stereocenters. The van der Waals surface area contributed by atoms with Crippen molar-refractivity contribution in [3.05, 3.63) is 41.7 Å². The van der Waals surface area contributed by atoms with E-state index in [4.69, 9.17) is 5.11 Å². The van der Waals surface area contributed by atoms with Crippen LogP contribution >= 0.6 is 11.8 Å². The summed E-state index contributed by atoms with van der Waals surface area (Å²) in [7, 11) is 0. The standard InChI is InChI=1S/C14H17N3O2S/c1-10(8-12-6-4-3-5-7-12)17-11(2)15-16-14(17)20-9-13(18)19/h3-7,10H,8-9H2,1-2H3,(H,18,19). The molecule has 1 heterocycles. The number of rotatable bonds is 6. The molecule has 2 rings (SSSR count). The minimum atomic E-state index is -0.849. The molecule has 0 bridgehead atoms. The van der Waals surface area contributed by atoms with Crippen molar-refractivity contribution in [2.75, 3.05) is 5.75 Å². The van der Waals surface area contributed by atoms with Crippen LogP contribution in [0.5, 0.6) is 0 Å². The molecular weight excluding hydrogens is 274 g/mol. The summed E-state index contributed by atoms with van der Waals surface area (Å²) in [6.45, 7) is 3.98. The Morgan fingerprint density at radius 2 is 2.05 bits per heavy atom. The number of carbonyl (C=O) groups is 1. The molecular formula is C14H17N3O2S. The maximum absolute atomic E-state index is 10.7. The molecule has 0 fully saturated rings. The second-order valence-corrected chi connectivity index (χ2v) is 5.56. The van der Waals surface area contributed by atoms with Gasteiger partial charge in [-0.1, -0.05) is 42.1 Å². The molecule has 0 radical (unpaired) electrons. The Balaban J connectivity index is 2.14. The molecule has 1 aromatic heterocycles. The third-order valence-corrected chi connectivity index (χ3v) is 3.90. The number of hydrogen-bond donors (Lipinski definition) is 1. The first kappa shape index (κ1) is 14.6. The normalized spacial score (nSPS) is 12.3. The number of carboxylic acid groups (broad SMARTS) is 1. The van der Waals surface area contributed by atoms with E-state index in [0.29, 0.717) is 5.16 Å². The molecule has 0 amide bonds. The summed E-state index contributed by atoms with van der Waals surface area (Å²) in [6, 6.07) is 10.4. The number of benzene rings is 1. The van der Waals surface area contributed by atoms with E-state index in [2.05, 4.69) is 29.3 Å². The van der Waals surface area contributed by atoms with E-state index >= 15 is 0 Å². The quantitative estimate of drug-likeness (QED) is 0.828. The Morgan fingerprint density at radius 1 is 1.35 bits per heavy atom. The number of carboxylic acids is 1. The van der Waals surface area contributed by atoms with E-state index in [0.717, 1.165) is 12.2 Å². The molecule has 0 aliphatic rings. The van der Waals surface area contributed by atoms with Gasteiger partial charge in [0.05, 0.1) is 5.75 Å². The Hall–Kier alpha value is -1.82. The van der Waals surface area contributed by atoms with Crippen LogP contribution in [0.2, 0.25) is 0 Å². The van der Waals surface area contributed by atoms with Gasteiger partial charge in [-0.15, -0.1) is 10.2 Å². The SMILES string of the molecule is Cc1nnc(SCC(=O)O)n1C(C)Cc1ccccc1. The third kappa shape index (κ3) is 3.60. The predicted molar refractivity (Wildman–Crippen MR) is 78.0 cm³/mol. The van der Waals surface area contributed by atoms with Gasteiger partial charge in [0.1, 0.15) is 5.82 Å². The molecule has 1 N–H and O–H groups in total. The van der Waals surface area contributed by atoms with Crippen LogP contribution in [0.4, 0.5) is 0 Å². The fourth-order valence-corrected chi connectivity index (χ4v) is 2.93. The van der Waals surface area contributed by atoms with Crippen molar-refractivity contribution >= 4 is 17.7 Å². The van der Waals surface area contributed by atoms with Crippen molar-refractivity contribution in [2.45, 2.75) is 31.5 Å². The summed E-state index contributed by atoms with van der Waals surface area (Å²) in [4.78, 5) is 10.7. The van der Waals surface area contributed by atoms with Crippen molar-refractivity contribution in [2.24, 2.45) is 0 Å². The third-order valence-electron chi connectivity index (χ3n) is 2.97. The highest BCUT2D eigenvalue weighted by atomic mass is 32.2. The zero-order chi connectivity index (χ0) is 14.5. The average molecular weight is 291 g/mol. The largest absolute Gasteiger partial charge is 0.481 e. The maximum atomic E-state index is 10.7. The summed E-state index contributed by atoms with van der Waals surface area (Å²) in [6.07, 6.45) is 0.861. The van der Waals surface area contributed by atoms with Crippen molar-refractivity contribution in [3.8, 4) is 0 Å². The summed E-state index contributed by atoms with van der Waals surface area (Å²) >= 11 is 1.20. The second-order valence-electron chi connectivity index (χ2n) is 4.62. The molecule has 106 valence electrons. The summed E-state index contributed by atoms with van der Waals surface area (Å²) in [5, 5.41) is 17.5. The Bertz CT molecular complexity index is 583. The molecule has 1 atom stereocenters. The number of nitrogens with zero attached hydrogens (tertiary/aromatic N) is 3. The van der Waals surface area contributed by atoms with Crippen LogP contribution < -0.4 is 0 Å². The van der Waals surface area contributed by atoms with E-state index < -0.39 is 5.97 Å². The topological polar surface area (TPSA) is 68.0 Å². The molecule has 0 aliphatic heterocycles. The number of thioether (sulfide) groups is 1. The van der Waals surface area contributed by atoms with Crippen LogP contribution in [0.3, 0.4) is 0 Å². The van der Waals surface area contributed by atoms with E-state index in [9.17, 15) is 4.79 Å². The van der Waals surface area contributed by atoms with Gasteiger partial charge >= 0.3 is 5.97 Å². The number of hydrogen-bond acceptors (Lipinski definition) is 4. The molecule has 1 aromatic carbocycles. The van der Waals surface area contributed by atoms with Gasteiger partial charge in [-0.05, 0) is 25.8 Å². The number of aliphatic carboxylic acids is 1. The van der Waals surface area contributed by atoms with Crippen molar-refractivity contribution in [1.29, 1.82) is 0 Å². The van der Waals surface area contributed by atoms with Crippen LogP contribution in [0.25, 0.3) is 0 Å².